The molecule has 0 radical (unpaired) electrons. The summed E-state index contributed by atoms with van der Waals surface area (Å²) >= 11 is 7.33. The van der Waals surface area contributed by atoms with Gasteiger partial charge < -0.3 is 14.7 Å². The number of carbonyl (C=O) groups is 1. The SMILES string of the molecule is Cc1c(C(=O)OC2CCCCC2)sc2nc(Cl)nc(N(C)CCO)c12. The van der Waals surface area contributed by atoms with E-state index in [9.17, 15) is 9.90 Å². The number of likely N-dealkylation sites (N-methyl/N-ethyl adjacent to an activating group) is 1. The highest BCUT2D eigenvalue weighted by molar-refractivity contribution is 7.20. The number of rotatable bonds is 5. The van der Waals surface area contributed by atoms with Crippen molar-refractivity contribution >= 4 is 44.9 Å². The van der Waals surface area contributed by atoms with Gasteiger partial charge in [0.25, 0.3) is 0 Å². The summed E-state index contributed by atoms with van der Waals surface area (Å²) in [5.74, 6) is 0.328. The van der Waals surface area contributed by atoms with Crippen LogP contribution in [0, 0.1) is 6.92 Å². The van der Waals surface area contributed by atoms with E-state index < -0.39 is 0 Å². The quantitative estimate of drug-likeness (QED) is 0.628. The Morgan fingerprint density at radius 1 is 1.36 bits per heavy atom. The van der Waals surface area contributed by atoms with Crippen LogP contribution in [0.2, 0.25) is 5.28 Å². The summed E-state index contributed by atoms with van der Waals surface area (Å²) in [6.07, 6.45) is 5.32. The van der Waals surface area contributed by atoms with E-state index in [4.69, 9.17) is 16.3 Å². The zero-order valence-electron chi connectivity index (χ0n) is 14.4. The molecule has 8 heteroatoms. The summed E-state index contributed by atoms with van der Waals surface area (Å²) in [5.41, 5.74) is 0.803. The number of thiophene rings is 1. The average Bonchev–Trinajstić information content (AvgIpc) is 2.92. The highest BCUT2D eigenvalue weighted by Gasteiger charge is 2.25. The fourth-order valence-electron chi connectivity index (χ4n) is 3.21. The number of aliphatic hydroxyl groups is 1. The molecule has 1 aliphatic rings. The number of esters is 1. The van der Waals surface area contributed by atoms with Gasteiger partial charge >= 0.3 is 5.97 Å². The maximum atomic E-state index is 12.6. The fourth-order valence-corrected chi connectivity index (χ4v) is 4.48. The number of nitrogens with zero attached hydrogens (tertiary/aromatic N) is 3. The second kappa shape index (κ2) is 7.85. The van der Waals surface area contributed by atoms with Crippen molar-refractivity contribution in [2.45, 2.75) is 45.1 Å². The molecule has 0 amide bonds. The van der Waals surface area contributed by atoms with Gasteiger partial charge in [0.05, 0.1) is 12.0 Å². The van der Waals surface area contributed by atoms with Crippen LogP contribution in [0.25, 0.3) is 10.2 Å². The fraction of sp³-hybridized carbons (Fsp3) is 0.588. The molecule has 0 atom stereocenters. The van der Waals surface area contributed by atoms with Crippen molar-refractivity contribution in [1.29, 1.82) is 0 Å². The largest absolute Gasteiger partial charge is 0.458 e. The number of fused-ring (bicyclic) bond motifs is 1. The molecule has 2 heterocycles. The molecule has 1 saturated carbocycles. The molecule has 136 valence electrons. The van der Waals surface area contributed by atoms with Gasteiger partial charge in [0.15, 0.2) is 0 Å². The van der Waals surface area contributed by atoms with Gasteiger partial charge in [-0.3, -0.25) is 0 Å². The molecule has 3 rings (SSSR count). The average molecular weight is 384 g/mol. The zero-order valence-corrected chi connectivity index (χ0v) is 16.0. The van der Waals surface area contributed by atoms with E-state index in [0.29, 0.717) is 22.1 Å². The van der Waals surface area contributed by atoms with Crippen LogP contribution in [0.3, 0.4) is 0 Å². The molecule has 2 aromatic rings. The van der Waals surface area contributed by atoms with Crippen LogP contribution in [-0.4, -0.2) is 47.3 Å². The normalized spacial score (nSPS) is 15.5. The molecule has 0 aliphatic heterocycles. The molecule has 0 unspecified atom stereocenters. The number of hydrogen-bond donors (Lipinski definition) is 1. The third-order valence-electron chi connectivity index (χ3n) is 4.55. The van der Waals surface area contributed by atoms with Crippen LogP contribution in [0.1, 0.15) is 47.3 Å². The van der Waals surface area contributed by atoms with E-state index in [0.717, 1.165) is 36.6 Å². The summed E-state index contributed by atoms with van der Waals surface area (Å²) in [7, 11) is 1.82. The molecule has 0 spiro atoms. The maximum Gasteiger partial charge on any atom is 0.348 e. The number of aromatic nitrogens is 2. The van der Waals surface area contributed by atoms with E-state index in [2.05, 4.69) is 9.97 Å². The topological polar surface area (TPSA) is 75.5 Å². The van der Waals surface area contributed by atoms with E-state index in [1.807, 2.05) is 18.9 Å². The number of ether oxygens (including phenoxy) is 1. The lowest BCUT2D eigenvalue weighted by Crippen LogP contribution is -2.23. The number of anilines is 1. The van der Waals surface area contributed by atoms with Crippen LogP contribution in [0.4, 0.5) is 5.82 Å². The Hall–Kier alpha value is -1.44. The lowest BCUT2D eigenvalue weighted by Gasteiger charge is -2.21. The Bertz CT molecular complexity index is 774. The van der Waals surface area contributed by atoms with Crippen molar-refractivity contribution in [3.63, 3.8) is 0 Å². The molecule has 1 aliphatic carbocycles. The maximum absolute atomic E-state index is 12.6. The lowest BCUT2D eigenvalue weighted by molar-refractivity contribution is 0.0216. The highest BCUT2D eigenvalue weighted by Crippen LogP contribution is 2.36. The van der Waals surface area contributed by atoms with Crippen LogP contribution in [0.5, 0.6) is 0 Å². The predicted octanol–water partition coefficient (Wildman–Crippen LogP) is 3.57. The molecule has 0 saturated heterocycles. The van der Waals surface area contributed by atoms with Crippen molar-refractivity contribution in [2.24, 2.45) is 0 Å². The van der Waals surface area contributed by atoms with Gasteiger partial charge in [-0.1, -0.05) is 6.42 Å². The van der Waals surface area contributed by atoms with Gasteiger partial charge in [-0.15, -0.1) is 11.3 Å². The summed E-state index contributed by atoms with van der Waals surface area (Å²) in [4.78, 5) is 24.2. The first kappa shape index (κ1) is 18.4. The third kappa shape index (κ3) is 3.88. The van der Waals surface area contributed by atoms with Crippen LogP contribution in [-0.2, 0) is 4.74 Å². The molecule has 6 nitrogen and oxygen atoms in total. The van der Waals surface area contributed by atoms with Gasteiger partial charge in [0.2, 0.25) is 5.28 Å². The van der Waals surface area contributed by atoms with E-state index >= 15 is 0 Å². The molecule has 25 heavy (non-hydrogen) atoms. The van der Waals surface area contributed by atoms with Crippen LogP contribution >= 0.6 is 22.9 Å². The highest BCUT2D eigenvalue weighted by atomic mass is 35.5. The van der Waals surface area contributed by atoms with Crippen LogP contribution in [0.15, 0.2) is 0 Å². The van der Waals surface area contributed by atoms with Crippen LogP contribution < -0.4 is 4.90 Å². The van der Waals surface area contributed by atoms with E-state index in [1.165, 1.54) is 17.8 Å². The summed E-state index contributed by atoms with van der Waals surface area (Å²) in [6.45, 7) is 2.29. The van der Waals surface area contributed by atoms with Crippen molar-refractivity contribution in [3.8, 4) is 0 Å². The zero-order chi connectivity index (χ0) is 18.0. The Kier molecular flexibility index (Phi) is 5.76. The molecule has 1 N–H and O–H groups in total. The molecular weight excluding hydrogens is 362 g/mol. The van der Waals surface area contributed by atoms with Gasteiger partial charge in [-0.05, 0) is 49.8 Å². The standard InChI is InChI=1S/C17H22ClN3O3S/c1-10-12-14(21(2)8-9-22)19-17(18)20-15(12)25-13(10)16(23)24-11-6-4-3-5-7-11/h11,22H,3-9H2,1-2H3. The molecular formula is C17H22ClN3O3S. The summed E-state index contributed by atoms with van der Waals surface area (Å²) in [5, 5.41) is 10.1. The number of aliphatic hydroxyl groups excluding tert-OH is 1. The minimum absolute atomic E-state index is 0.000616. The van der Waals surface area contributed by atoms with Gasteiger partial charge in [0, 0.05) is 13.6 Å². The lowest BCUT2D eigenvalue weighted by atomic mass is 9.98. The van der Waals surface area contributed by atoms with Gasteiger partial charge in [-0.2, -0.15) is 4.98 Å². The molecule has 0 bridgehead atoms. The van der Waals surface area contributed by atoms with Crippen molar-refractivity contribution in [2.75, 3.05) is 25.1 Å². The first-order valence-electron chi connectivity index (χ1n) is 8.51. The first-order chi connectivity index (χ1) is 12.0. The van der Waals surface area contributed by atoms with Gasteiger partial charge in [0.1, 0.15) is 21.6 Å². The van der Waals surface area contributed by atoms with Crippen molar-refractivity contribution < 1.29 is 14.6 Å². The Labute approximate surface area is 155 Å². The number of halogens is 1. The Balaban J connectivity index is 1.95. The smallest absolute Gasteiger partial charge is 0.348 e. The second-order valence-electron chi connectivity index (χ2n) is 6.36. The minimum atomic E-state index is -0.292. The van der Waals surface area contributed by atoms with E-state index in [1.54, 1.807) is 0 Å². The van der Waals surface area contributed by atoms with Crippen molar-refractivity contribution in [1.82, 2.24) is 9.97 Å². The molecule has 2 aromatic heterocycles. The third-order valence-corrected chi connectivity index (χ3v) is 5.89. The molecule has 0 aromatic carbocycles. The Morgan fingerprint density at radius 2 is 2.08 bits per heavy atom. The monoisotopic (exact) mass is 383 g/mol. The predicted molar refractivity (Wildman–Crippen MR) is 99.8 cm³/mol. The van der Waals surface area contributed by atoms with Crippen molar-refractivity contribution in [3.05, 3.63) is 15.7 Å². The number of hydrogen-bond acceptors (Lipinski definition) is 7. The second-order valence-corrected chi connectivity index (χ2v) is 7.70. The van der Waals surface area contributed by atoms with E-state index in [-0.39, 0.29) is 24.0 Å². The summed E-state index contributed by atoms with van der Waals surface area (Å²) in [6, 6.07) is 0. The minimum Gasteiger partial charge on any atom is -0.458 e. The van der Waals surface area contributed by atoms with Gasteiger partial charge in [-0.25, -0.2) is 9.78 Å². The number of aryl methyl sites for hydroxylation is 1. The Morgan fingerprint density at radius 3 is 2.76 bits per heavy atom. The number of carbonyl (C=O) groups excluding carboxylic acids is 1. The summed E-state index contributed by atoms with van der Waals surface area (Å²) < 4.78 is 5.70. The first-order valence-corrected chi connectivity index (χ1v) is 9.70. The molecule has 1 fully saturated rings.